The van der Waals surface area contributed by atoms with Crippen molar-refractivity contribution in [3.63, 3.8) is 0 Å². The summed E-state index contributed by atoms with van der Waals surface area (Å²) < 4.78 is 2.07. The number of piperidine rings is 2. The molecule has 7 heteroatoms. The Morgan fingerprint density at radius 3 is 2.56 bits per heavy atom. The van der Waals surface area contributed by atoms with Crippen LogP contribution in [0.1, 0.15) is 43.4 Å². The van der Waals surface area contributed by atoms with E-state index >= 15 is 0 Å². The highest BCUT2D eigenvalue weighted by Gasteiger charge is 2.28. The lowest BCUT2D eigenvalue weighted by Crippen LogP contribution is -2.43. The second kappa shape index (κ2) is 9.18. The Morgan fingerprint density at radius 2 is 1.75 bits per heavy atom. The number of carbonyl (C=O) groups is 1. The predicted octanol–water partition coefficient (Wildman–Crippen LogP) is 3.56. The van der Waals surface area contributed by atoms with Crippen molar-refractivity contribution < 1.29 is 4.79 Å². The summed E-state index contributed by atoms with van der Waals surface area (Å²) in [5.74, 6) is 0.928. The van der Waals surface area contributed by atoms with E-state index in [1.807, 2.05) is 12.1 Å². The SMILES string of the molecule is Cc1cccc2nnc(N3CCC[C@@H](C(=O)NCc4ccc(N5CCCCC5)cc4)C3)n12. The summed E-state index contributed by atoms with van der Waals surface area (Å²) in [5, 5.41) is 11.9. The van der Waals surface area contributed by atoms with Gasteiger partial charge in [-0.25, -0.2) is 0 Å². The summed E-state index contributed by atoms with van der Waals surface area (Å²) in [6, 6.07) is 14.7. The first-order chi connectivity index (χ1) is 15.7. The van der Waals surface area contributed by atoms with Crippen molar-refractivity contribution in [3.8, 4) is 0 Å². The van der Waals surface area contributed by atoms with Crippen LogP contribution in [0.4, 0.5) is 11.6 Å². The molecule has 2 saturated heterocycles. The summed E-state index contributed by atoms with van der Waals surface area (Å²) in [7, 11) is 0. The van der Waals surface area contributed by atoms with Crippen LogP contribution in [0.5, 0.6) is 0 Å². The Kier molecular flexibility index (Phi) is 5.97. The molecule has 1 atom stereocenters. The lowest BCUT2D eigenvalue weighted by molar-refractivity contribution is -0.125. The minimum Gasteiger partial charge on any atom is -0.372 e. The zero-order valence-corrected chi connectivity index (χ0v) is 18.8. The quantitative estimate of drug-likeness (QED) is 0.668. The lowest BCUT2D eigenvalue weighted by atomic mass is 9.97. The van der Waals surface area contributed by atoms with E-state index in [4.69, 9.17) is 0 Å². The zero-order chi connectivity index (χ0) is 21.9. The first-order valence-electron chi connectivity index (χ1n) is 11.9. The number of nitrogens with zero attached hydrogens (tertiary/aromatic N) is 5. The van der Waals surface area contributed by atoms with Gasteiger partial charge in [0.05, 0.1) is 5.92 Å². The largest absolute Gasteiger partial charge is 0.372 e. The Labute approximate surface area is 189 Å². The number of rotatable bonds is 5. The Hall–Kier alpha value is -3.09. The summed E-state index contributed by atoms with van der Waals surface area (Å²) in [5.41, 5.74) is 4.38. The topological polar surface area (TPSA) is 65.8 Å². The van der Waals surface area contributed by atoms with Gasteiger partial charge in [-0.15, -0.1) is 10.2 Å². The Bertz CT molecular complexity index is 1070. The number of amides is 1. The van der Waals surface area contributed by atoms with Gasteiger partial charge in [-0.3, -0.25) is 9.20 Å². The molecule has 32 heavy (non-hydrogen) atoms. The number of nitrogens with one attached hydrogen (secondary N) is 1. The average Bonchev–Trinajstić information content (AvgIpc) is 3.29. The van der Waals surface area contributed by atoms with Crippen molar-refractivity contribution in [1.82, 2.24) is 19.9 Å². The number of pyridine rings is 1. The highest BCUT2D eigenvalue weighted by Crippen LogP contribution is 2.24. The van der Waals surface area contributed by atoms with E-state index in [9.17, 15) is 4.79 Å². The normalized spacial score (nSPS) is 19.3. The number of anilines is 2. The van der Waals surface area contributed by atoms with Crippen LogP contribution in [0.25, 0.3) is 5.65 Å². The highest BCUT2D eigenvalue weighted by atomic mass is 16.1. The van der Waals surface area contributed by atoms with Gasteiger partial charge in [-0.05, 0) is 68.9 Å². The average molecular weight is 433 g/mol. The van der Waals surface area contributed by atoms with E-state index in [0.717, 1.165) is 55.3 Å². The second-order valence-corrected chi connectivity index (χ2v) is 9.08. The van der Waals surface area contributed by atoms with Crippen molar-refractivity contribution >= 4 is 23.2 Å². The van der Waals surface area contributed by atoms with E-state index in [2.05, 4.69) is 67.0 Å². The number of carbonyl (C=O) groups excluding carboxylic acids is 1. The fourth-order valence-electron chi connectivity index (χ4n) is 4.97. The van der Waals surface area contributed by atoms with Crippen LogP contribution in [-0.2, 0) is 11.3 Å². The molecular formula is C25H32N6O. The van der Waals surface area contributed by atoms with E-state index in [1.54, 1.807) is 0 Å². The third kappa shape index (κ3) is 4.29. The van der Waals surface area contributed by atoms with E-state index in [-0.39, 0.29) is 11.8 Å². The van der Waals surface area contributed by atoms with Crippen LogP contribution in [0.2, 0.25) is 0 Å². The van der Waals surface area contributed by atoms with Gasteiger partial charge in [0.15, 0.2) is 5.65 Å². The number of fused-ring (bicyclic) bond motifs is 1. The standard InChI is InChI=1S/C25H32N6O/c1-19-7-5-9-23-27-28-25(31(19)23)30-16-6-8-21(18-30)24(32)26-17-20-10-12-22(13-11-20)29-14-3-2-4-15-29/h5,7,9-13,21H,2-4,6,8,14-18H2,1H3,(H,26,32)/t21-/m1/s1. The lowest BCUT2D eigenvalue weighted by Gasteiger charge is -2.32. The molecule has 1 amide bonds. The molecule has 2 aliphatic heterocycles. The van der Waals surface area contributed by atoms with Crippen molar-refractivity contribution in [2.45, 2.75) is 45.6 Å². The van der Waals surface area contributed by atoms with Crippen LogP contribution in [-0.4, -0.2) is 46.7 Å². The maximum absolute atomic E-state index is 12.9. The molecule has 3 aromatic rings. The molecule has 2 fully saturated rings. The van der Waals surface area contributed by atoms with Crippen LogP contribution < -0.4 is 15.1 Å². The molecule has 0 spiro atoms. The first kappa shape index (κ1) is 20.8. The molecule has 1 N–H and O–H groups in total. The van der Waals surface area contributed by atoms with Gasteiger partial charge in [0.2, 0.25) is 11.9 Å². The summed E-state index contributed by atoms with van der Waals surface area (Å²) in [6.07, 6.45) is 5.78. The van der Waals surface area contributed by atoms with Crippen LogP contribution in [0.3, 0.4) is 0 Å². The zero-order valence-electron chi connectivity index (χ0n) is 18.8. The van der Waals surface area contributed by atoms with Crippen LogP contribution >= 0.6 is 0 Å². The second-order valence-electron chi connectivity index (χ2n) is 9.08. The number of hydrogen-bond acceptors (Lipinski definition) is 5. The first-order valence-corrected chi connectivity index (χ1v) is 11.9. The third-order valence-corrected chi connectivity index (χ3v) is 6.81. The Morgan fingerprint density at radius 1 is 0.969 bits per heavy atom. The third-order valence-electron chi connectivity index (χ3n) is 6.81. The molecule has 5 rings (SSSR count). The fraction of sp³-hybridized carbons (Fsp3) is 0.480. The van der Waals surface area contributed by atoms with Crippen LogP contribution in [0.15, 0.2) is 42.5 Å². The van der Waals surface area contributed by atoms with Gasteiger partial charge >= 0.3 is 0 Å². The van der Waals surface area contributed by atoms with Crippen molar-refractivity contribution in [2.24, 2.45) is 5.92 Å². The molecule has 0 bridgehead atoms. The molecule has 4 heterocycles. The van der Waals surface area contributed by atoms with Gasteiger partial charge in [-0.2, -0.15) is 0 Å². The minimum atomic E-state index is -0.0345. The molecule has 2 aliphatic rings. The smallest absolute Gasteiger partial charge is 0.231 e. The molecule has 168 valence electrons. The molecule has 0 unspecified atom stereocenters. The number of aromatic nitrogens is 3. The monoisotopic (exact) mass is 432 g/mol. The van der Waals surface area contributed by atoms with Crippen LogP contribution in [0, 0.1) is 12.8 Å². The summed E-state index contributed by atoms with van der Waals surface area (Å²) in [4.78, 5) is 17.6. The minimum absolute atomic E-state index is 0.0345. The van der Waals surface area contributed by atoms with Crippen molar-refractivity contribution in [3.05, 3.63) is 53.7 Å². The summed E-state index contributed by atoms with van der Waals surface area (Å²) >= 11 is 0. The van der Waals surface area contributed by atoms with Gasteiger partial charge in [0, 0.05) is 44.1 Å². The molecule has 0 saturated carbocycles. The number of aryl methyl sites for hydroxylation is 1. The van der Waals surface area contributed by atoms with Gasteiger partial charge in [-0.1, -0.05) is 18.2 Å². The van der Waals surface area contributed by atoms with E-state index < -0.39 is 0 Å². The number of benzene rings is 1. The van der Waals surface area contributed by atoms with Gasteiger partial charge in [0.1, 0.15) is 0 Å². The van der Waals surface area contributed by atoms with E-state index in [1.165, 1.54) is 24.9 Å². The summed E-state index contributed by atoms with van der Waals surface area (Å²) in [6.45, 7) is 6.50. The molecule has 2 aromatic heterocycles. The fourth-order valence-corrected chi connectivity index (χ4v) is 4.97. The van der Waals surface area contributed by atoms with Gasteiger partial charge in [0.25, 0.3) is 0 Å². The Balaban J connectivity index is 1.19. The molecule has 7 nitrogen and oxygen atoms in total. The van der Waals surface area contributed by atoms with E-state index in [0.29, 0.717) is 13.1 Å². The van der Waals surface area contributed by atoms with Crippen molar-refractivity contribution in [1.29, 1.82) is 0 Å². The molecule has 1 aromatic carbocycles. The molecule has 0 radical (unpaired) electrons. The highest BCUT2D eigenvalue weighted by molar-refractivity contribution is 5.79. The molecular weight excluding hydrogens is 400 g/mol. The molecule has 0 aliphatic carbocycles. The maximum atomic E-state index is 12.9. The predicted molar refractivity (Wildman–Crippen MR) is 127 cm³/mol. The number of hydrogen-bond donors (Lipinski definition) is 1. The van der Waals surface area contributed by atoms with Crippen molar-refractivity contribution in [2.75, 3.05) is 36.0 Å². The van der Waals surface area contributed by atoms with Gasteiger partial charge < -0.3 is 15.1 Å². The maximum Gasteiger partial charge on any atom is 0.231 e.